The maximum atomic E-state index is 13.0. The molecule has 0 unspecified atom stereocenters. The van der Waals surface area contributed by atoms with Crippen LogP contribution in [0.2, 0.25) is 0 Å². The molecule has 9 nitrogen and oxygen atoms in total. The number of nitrogens with zero attached hydrogens (tertiary/aromatic N) is 3. The van der Waals surface area contributed by atoms with Crippen molar-refractivity contribution in [3.05, 3.63) is 76.7 Å². The van der Waals surface area contributed by atoms with Crippen LogP contribution in [0.3, 0.4) is 0 Å². The van der Waals surface area contributed by atoms with Gasteiger partial charge in [0, 0.05) is 17.8 Å². The molecule has 4 rings (SSSR count). The Bertz CT molecular complexity index is 1570. The van der Waals surface area contributed by atoms with Crippen LogP contribution in [0.1, 0.15) is 5.56 Å². The van der Waals surface area contributed by atoms with Gasteiger partial charge in [-0.1, -0.05) is 24.1 Å². The van der Waals surface area contributed by atoms with E-state index in [2.05, 4.69) is 25.9 Å². The smallest absolute Gasteiger partial charge is 0.258 e. The molecule has 0 amide bonds. The van der Waals surface area contributed by atoms with Crippen molar-refractivity contribution in [2.45, 2.75) is 0 Å². The minimum absolute atomic E-state index is 0.222. The van der Waals surface area contributed by atoms with Crippen molar-refractivity contribution < 1.29 is 13.2 Å². The van der Waals surface area contributed by atoms with Gasteiger partial charge in [0.05, 0.1) is 35.8 Å². The molecule has 0 saturated carbocycles. The number of fused-ring (bicyclic) bond motifs is 1. The van der Waals surface area contributed by atoms with E-state index >= 15 is 0 Å². The van der Waals surface area contributed by atoms with E-state index in [1.54, 1.807) is 37.4 Å². The van der Waals surface area contributed by atoms with E-state index < -0.39 is 15.6 Å². The van der Waals surface area contributed by atoms with Crippen molar-refractivity contribution in [1.82, 2.24) is 14.5 Å². The fourth-order valence-electron chi connectivity index (χ4n) is 3.32. The third-order valence-electron chi connectivity index (χ3n) is 4.68. The van der Waals surface area contributed by atoms with E-state index in [0.717, 1.165) is 6.26 Å². The van der Waals surface area contributed by atoms with E-state index in [4.69, 9.17) is 11.2 Å². The molecule has 10 heteroatoms. The highest BCUT2D eigenvalue weighted by molar-refractivity contribution is 7.92. The molecule has 0 fully saturated rings. The summed E-state index contributed by atoms with van der Waals surface area (Å²) >= 11 is 0. The zero-order chi connectivity index (χ0) is 23.6. The second-order valence-electron chi connectivity index (χ2n) is 7.06. The number of hydrogen-bond acceptors (Lipinski definition) is 7. The lowest BCUT2D eigenvalue weighted by molar-refractivity contribution is 0.417. The molecule has 0 atom stereocenters. The number of pyridine rings is 1. The summed E-state index contributed by atoms with van der Waals surface area (Å²) < 4.78 is 32.4. The van der Waals surface area contributed by atoms with Gasteiger partial charge in [0.1, 0.15) is 5.75 Å². The SMILES string of the molecule is C#Cc1cc(=O)n(-c2cccc(NS(C)(=O)=O)c2)c2nc(Nc3ccccc3OC)ncc12. The van der Waals surface area contributed by atoms with Gasteiger partial charge < -0.3 is 10.1 Å². The minimum atomic E-state index is -3.50. The summed E-state index contributed by atoms with van der Waals surface area (Å²) in [6.45, 7) is 0. The average molecular weight is 462 g/mol. The van der Waals surface area contributed by atoms with Crippen molar-refractivity contribution in [3.8, 4) is 23.8 Å². The van der Waals surface area contributed by atoms with Crippen LogP contribution in [0, 0.1) is 12.3 Å². The highest BCUT2D eigenvalue weighted by atomic mass is 32.2. The zero-order valence-electron chi connectivity index (χ0n) is 17.7. The molecule has 2 heterocycles. The van der Waals surface area contributed by atoms with Crippen LogP contribution in [0.4, 0.5) is 17.3 Å². The van der Waals surface area contributed by atoms with E-state index in [-0.39, 0.29) is 11.6 Å². The molecule has 2 N–H and O–H groups in total. The fourth-order valence-corrected chi connectivity index (χ4v) is 3.88. The number of ether oxygens (including phenoxy) is 1. The maximum absolute atomic E-state index is 13.0. The van der Waals surface area contributed by atoms with Gasteiger partial charge in [-0.3, -0.25) is 14.1 Å². The van der Waals surface area contributed by atoms with Gasteiger partial charge in [-0.2, -0.15) is 4.98 Å². The van der Waals surface area contributed by atoms with Crippen LogP contribution in [-0.2, 0) is 10.0 Å². The fraction of sp³-hybridized carbons (Fsp3) is 0.0870. The van der Waals surface area contributed by atoms with Gasteiger partial charge in [-0.15, -0.1) is 6.42 Å². The van der Waals surface area contributed by atoms with Crippen LogP contribution in [0.25, 0.3) is 16.7 Å². The molecule has 33 heavy (non-hydrogen) atoms. The molecule has 4 aromatic rings. The quantitative estimate of drug-likeness (QED) is 0.424. The van der Waals surface area contributed by atoms with E-state index in [0.29, 0.717) is 33.8 Å². The third-order valence-corrected chi connectivity index (χ3v) is 5.28. The van der Waals surface area contributed by atoms with Crippen LogP contribution in [-0.4, -0.2) is 36.3 Å². The lowest BCUT2D eigenvalue weighted by Gasteiger charge is -2.14. The van der Waals surface area contributed by atoms with Crippen LogP contribution in [0.15, 0.2) is 65.6 Å². The van der Waals surface area contributed by atoms with Crippen molar-refractivity contribution >= 4 is 38.4 Å². The number of terminal acetylenes is 1. The van der Waals surface area contributed by atoms with Gasteiger partial charge in [0.2, 0.25) is 16.0 Å². The Hall–Kier alpha value is -4.36. The largest absolute Gasteiger partial charge is 0.495 e. The number of nitrogens with one attached hydrogen (secondary N) is 2. The monoisotopic (exact) mass is 461 g/mol. The lowest BCUT2D eigenvalue weighted by Crippen LogP contribution is -2.20. The van der Waals surface area contributed by atoms with Crippen LogP contribution < -0.4 is 20.3 Å². The van der Waals surface area contributed by atoms with Crippen LogP contribution in [0.5, 0.6) is 5.75 Å². The van der Waals surface area contributed by atoms with Crippen LogP contribution >= 0.6 is 0 Å². The molecule has 0 aliphatic heterocycles. The molecule has 0 saturated heterocycles. The van der Waals surface area contributed by atoms with Gasteiger partial charge in [0.15, 0.2) is 5.65 Å². The Kier molecular flexibility index (Phi) is 5.72. The molecule has 0 aliphatic rings. The summed E-state index contributed by atoms with van der Waals surface area (Å²) in [4.78, 5) is 21.9. The summed E-state index contributed by atoms with van der Waals surface area (Å²) in [6.07, 6.45) is 8.18. The summed E-state index contributed by atoms with van der Waals surface area (Å²) in [5.74, 6) is 3.31. The molecule has 2 aromatic carbocycles. The number of benzene rings is 2. The number of anilines is 3. The summed E-state index contributed by atoms with van der Waals surface area (Å²) in [6, 6.07) is 15.0. The average Bonchev–Trinajstić information content (AvgIpc) is 2.77. The van der Waals surface area contributed by atoms with Crippen molar-refractivity contribution in [1.29, 1.82) is 0 Å². The summed E-state index contributed by atoms with van der Waals surface area (Å²) in [5.41, 5.74) is 1.54. The number of sulfonamides is 1. The number of rotatable bonds is 6. The first-order valence-corrected chi connectivity index (χ1v) is 11.6. The molecule has 0 radical (unpaired) electrons. The predicted octanol–water partition coefficient (Wildman–Crippen LogP) is 2.89. The zero-order valence-corrected chi connectivity index (χ0v) is 18.6. The molecule has 0 bridgehead atoms. The normalized spacial score (nSPS) is 11.1. The van der Waals surface area contributed by atoms with Gasteiger partial charge in [0.25, 0.3) is 5.56 Å². The van der Waals surface area contributed by atoms with Gasteiger partial charge in [-0.05, 0) is 30.3 Å². The Morgan fingerprint density at radius 1 is 1.12 bits per heavy atom. The van der Waals surface area contributed by atoms with Gasteiger partial charge >= 0.3 is 0 Å². The third kappa shape index (κ3) is 4.63. The molecule has 0 spiro atoms. The summed E-state index contributed by atoms with van der Waals surface area (Å²) in [7, 11) is -1.95. The molecular formula is C23H19N5O4S. The number of hydrogen-bond donors (Lipinski definition) is 2. The lowest BCUT2D eigenvalue weighted by atomic mass is 10.1. The Balaban J connectivity index is 1.90. The highest BCUT2D eigenvalue weighted by Crippen LogP contribution is 2.27. The number of para-hydroxylation sites is 2. The van der Waals surface area contributed by atoms with E-state index in [1.807, 2.05) is 12.1 Å². The number of methoxy groups -OCH3 is 1. The molecule has 166 valence electrons. The molecular weight excluding hydrogens is 442 g/mol. The predicted molar refractivity (Wildman–Crippen MR) is 128 cm³/mol. The van der Waals surface area contributed by atoms with E-state index in [9.17, 15) is 13.2 Å². The summed E-state index contributed by atoms with van der Waals surface area (Å²) in [5, 5.41) is 3.58. The first kappa shape index (κ1) is 21.9. The molecule has 0 aliphatic carbocycles. The molecule has 2 aromatic heterocycles. The Morgan fingerprint density at radius 3 is 2.64 bits per heavy atom. The second-order valence-corrected chi connectivity index (χ2v) is 8.81. The van der Waals surface area contributed by atoms with Crippen molar-refractivity contribution in [2.24, 2.45) is 0 Å². The maximum Gasteiger partial charge on any atom is 0.258 e. The van der Waals surface area contributed by atoms with Gasteiger partial charge in [-0.25, -0.2) is 13.4 Å². The minimum Gasteiger partial charge on any atom is -0.495 e. The van der Waals surface area contributed by atoms with Crippen molar-refractivity contribution in [2.75, 3.05) is 23.4 Å². The topological polar surface area (TPSA) is 115 Å². The Labute approximate surface area is 190 Å². The highest BCUT2D eigenvalue weighted by Gasteiger charge is 2.14. The number of aromatic nitrogens is 3. The first-order chi connectivity index (χ1) is 15.8. The first-order valence-electron chi connectivity index (χ1n) is 9.67. The van der Waals surface area contributed by atoms with Crippen molar-refractivity contribution in [3.63, 3.8) is 0 Å². The second kappa shape index (κ2) is 8.64. The van der Waals surface area contributed by atoms with E-state index in [1.165, 1.54) is 22.9 Å². The Morgan fingerprint density at radius 2 is 1.91 bits per heavy atom. The standard InChI is InChI=1S/C23H19N5O4S/c1-4-15-12-21(29)28(17-9-7-8-16(13-17)27-33(3,30)31)22-18(15)14-24-23(26-22)25-19-10-5-6-11-20(19)32-2/h1,5-14,27H,2-3H3,(H,24,25,26).